The highest BCUT2D eigenvalue weighted by Gasteiger charge is 2.05. The van der Waals surface area contributed by atoms with Gasteiger partial charge in [-0.1, -0.05) is 29.3 Å². The lowest BCUT2D eigenvalue weighted by Gasteiger charge is -2.08. The third kappa shape index (κ3) is 4.04. The van der Waals surface area contributed by atoms with Crippen LogP contribution in [0.5, 0.6) is 11.5 Å². The van der Waals surface area contributed by atoms with Gasteiger partial charge in [0.2, 0.25) is 0 Å². The Balaban J connectivity index is 2.22. The molecule has 0 fully saturated rings. The minimum absolute atomic E-state index is 0.165. The Hall–Kier alpha value is -1.42. The minimum Gasteiger partial charge on any atom is -0.456 e. The molecule has 0 spiro atoms. The highest BCUT2D eigenvalue weighted by atomic mass is 35.5. The number of nitrogens with zero attached hydrogens (tertiary/aromatic N) is 1. The Morgan fingerprint density at radius 2 is 1.95 bits per heavy atom. The van der Waals surface area contributed by atoms with E-state index in [0.717, 1.165) is 0 Å². The third-order valence-electron chi connectivity index (χ3n) is 2.35. The number of rotatable bonds is 4. The summed E-state index contributed by atoms with van der Waals surface area (Å²) >= 11 is 17.6. The van der Waals surface area contributed by atoms with Crippen LogP contribution >= 0.6 is 34.8 Å². The van der Waals surface area contributed by atoms with Crippen molar-refractivity contribution in [3.8, 4) is 11.5 Å². The molecule has 0 heterocycles. The van der Waals surface area contributed by atoms with Crippen molar-refractivity contribution in [2.24, 2.45) is 10.7 Å². The van der Waals surface area contributed by atoms with Gasteiger partial charge in [-0.25, -0.2) is 4.99 Å². The number of aliphatic imine (C=N–C) groups is 1. The zero-order chi connectivity index (χ0) is 14.5. The van der Waals surface area contributed by atoms with Crippen LogP contribution in [0.1, 0.15) is 0 Å². The number of hydrogen-bond acceptors (Lipinski definition) is 2. The highest BCUT2D eigenvalue weighted by molar-refractivity contribution is 6.32. The molecule has 0 unspecified atom stereocenters. The quantitative estimate of drug-likeness (QED) is 0.487. The summed E-state index contributed by atoms with van der Waals surface area (Å²) in [6.07, 6.45) is 0. The molecule has 0 saturated carbocycles. The number of ether oxygens (including phenoxy) is 1. The molecule has 3 nitrogen and oxygen atoms in total. The zero-order valence-corrected chi connectivity index (χ0v) is 12.6. The Bertz CT molecular complexity index is 644. The Morgan fingerprint density at radius 1 is 1.15 bits per heavy atom. The summed E-state index contributed by atoms with van der Waals surface area (Å²) in [5.41, 5.74) is 6.18. The van der Waals surface area contributed by atoms with Crippen molar-refractivity contribution in [2.75, 3.05) is 5.88 Å². The first-order valence-corrected chi connectivity index (χ1v) is 6.99. The first-order valence-electron chi connectivity index (χ1n) is 5.70. The summed E-state index contributed by atoms with van der Waals surface area (Å²) < 4.78 is 5.65. The molecule has 6 heteroatoms. The van der Waals surface area contributed by atoms with Crippen LogP contribution in [0.25, 0.3) is 0 Å². The normalized spacial score (nSPS) is 11.4. The van der Waals surface area contributed by atoms with Crippen LogP contribution in [-0.4, -0.2) is 11.7 Å². The predicted molar refractivity (Wildman–Crippen MR) is 85.0 cm³/mol. The lowest BCUT2D eigenvalue weighted by molar-refractivity contribution is 0.483. The monoisotopic (exact) mass is 328 g/mol. The van der Waals surface area contributed by atoms with Crippen LogP contribution < -0.4 is 10.5 Å². The maximum atomic E-state index is 6.14. The number of halogens is 3. The van der Waals surface area contributed by atoms with Gasteiger partial charge in [0.15, 0.2) is 0 Å². The smallest absolute Gasteiger partial charge is 0.146 e. The number of nitrogens with two attached hydrogens (primary N) is 1. The van der Waals surface area contributed by atoms with E-state index in [9.17, 15) is 0 Å². The molecule has 0 amide bonds. The van der Waals surface area contributed by atoms with Crippen LogP contribution in [0.3, 0.4) is 0 Å². The maximum absolute atomic E-state index is 6.14. The molecule has 2 aromatic carbocycles. The fraction of sp³-hybridized carbons (Fsp3) is 0.0714. The Morgan fingerprint density at radius 3 is 2.60 bits per heavy atom. The molecular weight excluding hydrogens is 319 g/mol. The number of hydrogen-bond donors (Lipinski definition) is 1. The largest absolute Gasteiger partial charge is 0.456 e. The first-order chi connectivity index (χ1) is 9.58. The zero-order valence-electron chi connectivity index (χ0n) is 10.3. The average Bonchev–Trinajstić information content (AvgIpc) is 2.42. The van der Waals surface area contributed by atoms with Crippen LogP contribution in [0.15, 0.2) is 47.5 Å². The van der Waals surface area contributed by atoms with E-state index in [0.29, 0.717) is 33.1 Å². The van der Waals surface area contributed by atoms with E-state index in [1.54, 1.807) is 42.5 Å². The van der Waals surface area contributed by atoms with Crippen molar-refractivity contribution in [3.05, 3.63) is 52.5 Å². The molecule has 20 heavy (non-hydrogen) atoms. The van der Waals surface area contributed by atoms with Gasteiger partial charge in [0.25, 0.3) is 0 Å². The van der Waals surface area contributed by atoms with Gasteiger partial charge in [-0.05, 0) is 36.4 Å². The highest BCUT2D eigenvalue weighted by Crippen LogP contribution is 2.33. The second kappa shape index (κ2) is 6.84. The van der Waals surface area contributed by atoms with Gasteiger partial charge in [-0.3, -0.25) is 0 Å². The number of benzene rings is 2. The third-order valence-corrected chi connectivity index (χ3v) is 3.15. The van der Waals surface area contributed by atoms with Gasteiger partial charge in [0, 0.05) is 5.02 Å². The van der Waals surface area contributed by atoms with Crippen LogP contribution in [0.2, 0.25) is 10.0 Å². The number of amidine groups is 1. The lowest BCUT2D eigenvalue weighted by atomic mass is 10.3. The van der Waals surface area contributed by atoms with Gasteiger partial charge in [-0.15, -0.1) is 11.6 Å². The summed E-state index contributed by atoms with van der Waals surface area (Å²) in [5, 5.41) is 1.02. The van der Waals surface area contributed by atoms with Crippen LogP contribution in [0.4, 0.5) is 5.69 Å². The first kappa shape index (κ1) is 15.0. The van der Waals surface area contributed by atoms with Crippen LogP contribution in [0, 0.1) is 0 Å². The Labute approximate surface area is 131 Å². The molecule has 0 saturated heterocycles. The van der Waals surface area contributed by atoms with Crippen molar-refractivity contribution in [3.63, 3.8) is 0 Å². The molecule has 0 aliphatic heterocycles. The van der Waals surface area contributed by atoms with E-state index in [1.807, 2.05) is 0 Å². The van der Waals surface area contributed by atoms with Gasteiger partial charge in [0.05, 0.1) is 16.6 Å². The SMILES string of the molecule is NC(CCl)=Nc1ccc(Oc2cccc(Cl)c2)c(Cl)c1. The molecule has 0 aliphatic rings. The van der Waals surface area contributed by atoms with Gasteiger partial charge < -0.3 is 10.5 Å². The minimum atomic E-state index is 0.165. The second-order valence-electron chi connectivity index (χ2n) is 3.91. The lowest BCUT2D eigenvalue weighted by Crippen LogP contribution is -2.12. The van der Waals surface area contributed by atoms with Crippen molar-refractivity contribution >= 4 is 46.3 Å². The maximum Gasteiger partial charge on any atom is 0.146 e. The van der Waals surface area contributed by atoms with Gasteiger partial charge in [0.1, 0.15) is 17.3 Å². The van der Waals surface area contributed by atoms with Gasteiger partial charge in [-0.2, -0.15) is 0 Å². The summed E-state index contributed by atoms with van der Waals surface area (Å²) in [5.74, 6) is 1.61. The van der Waals surface area contributed by atoms with E-state index in [2.05, 4.69) is 4.99 Å². The molecule has 104 valence electrons. The summed E-state index contributed by atoms with van der Waals surface area (Å²) in [7, 11) is 0. The molecule has 2 N–H and O–H groups in total. The van der Waals surface area contributed by atoms with E-state index in [-0.39, 0.29) is 5.88 Å². The van der Waals surface area contributed by atoms with E-state index in [1.165, 1.54) is 0 Å². The summed E-state index contributed by atoms with van der Waals surface area (Å²) in [6.45, 7) is 0. The fourth-order valence-electron chi connectivity index (χ4n) is 1.50. The number of alkyl halides is 1. The standard InChI is InChI=1S/C14H11Cl3N2O/c15-8-14(18)19-10-4-5-13(12(17)7-10)20-11-3-1-2-9(16)6-11/h1-7H,8H2,(H2,18,19). The fourth-order valence-corrected chi connectivity index (χ4v) is 1.95. The van der Waals surface area contributed by atoms with E-state index in [4.69, 9.17) is 45.3 Å². The predicted octanol–water partition coefficient (Wildman–Crippen LogP) is 5.01. The molecule has 0 aromatic heterocycles. The van der Waals surface area contributed by atoms with E-state index < -0.39 is 0 Å². The van der Waals surface area contributed by atoms with Crippen LogP contribution in [-0.2, 0) is 0 Å². The molecule has 2 rings (SSSR count). The van der Waals surface area contributed by atoms with Crippen molar-refractivity contribution in [2.45, 2.75) is 0 Å². The average molecular weight is 330 g/mol. The molecular formula is C14H11Cl3N2O. The molecule has 0 atom stereocenters. The van der Waals surface area contributed by atoms with Crippen molar-refractivity contribution in [1.29, 1.82) is 0 Å². The molecule has 2 aromatic rings. The molecule has 0 bridgehead atoms. The van der Waals surface area contributed by atoms with Crippen molar-refractivity contribution < 1.29 is 4.74 Å². The summed E-state index contributed by atoms with van der Waals surface area (Å²) in [4.78, 5) is 4.10. The topological polar surface area (TPSA) is 47.6 Å². The van der Waals surface area contributed by atoms with E-state index >= 15 is 0 Å². The molecule has 0 aliphatic carbocycles. The second-order valence-corrected chi connectivity index (χ2v) is 5.02. The Kier molecular flexibility index (Phi) is 5.12. The summed E-state index contributed by atoms with van der Waals surface area (Å²) in [6, 6.07) is 12.2. The van der Waals surface area contributed by atoms with Crippen molar-refractivity contribution in [1.82, 2.24) is 0 Å². The van der Waals surface area contributed by atoms with Gasteiger partial charge >= 0.3 is 0 Å². The molecule has 0 radical (unpaired) electrons.